The Morgan fingerprint density at radius 1 is 1.14 bits per heavy atom. The summed E-state index contributed by atoms with van der Waals surface area (Å²) in [6, 6.07) is 13.4. The van der Waals surface area contributed by atoms with Gasteiger partial charge in [0.25, 0.3) is 5.91 Å². The molecular formula is C22H20N6O. The number of nitrogens with one attached hydrogen (secondary N) is 2. The first-order valence-electron chi connectivity index (χ1n) is 9.57. The number of aryl methyl sites for hydroxylation is 1. The quantitative estimate of drug-likeness (QED) is 0.567. The molecule has 0 radical (unpaired) electrons. The van der Waals surface area contributed by atoms with Gasteiger partial charge in [-0.25, -0.2) is 9.97 Å². The number of H-pyrrole nitrogens is 2. The van der Waals surface area contributed by atoms with Crippen LogP contribution in [0.2, 0.25) is 0 Å². The van der Waals surface area contributed by atoms with Crippen LogP contribution in [-0.4, -0.2) is 42.3 Å². The van der Waals surface area contributed by atoms with E-state index in [0.717, 1.165) is 34.6 Å². The van der Waals surface area contributed by atoms with E-state index >= 15 is 0 Å². The van der Waals surface area contributed by atoms with Gasteiger partial charge < -0.3 is 14.9 Å². The summed E-state index contributed by atoms with van der Waals surface area (Å²) < 4.78 is 0. The molecule has 4 aromatic rings. The van der Waals surface area contributed by atoms with Crippen LogP contribution >= 0.6 is 0 Å². The van der Waals surface area contributed by atoms with Crippen LogP contribution < -0.4 is 0 Å². The summed E-state index contributed by atoms with van der Waals surface area (Å²) >= 11 is 0. The lowest BCUT2D eigenvalue weighted by molar-refractivity contribution is 0.0684. The predicted octanol–water partition coefficient (Wildman–Crippen LogP) is 3.29. The topological polar surface area (TPSA) is 90.6 Å². The number of carbonyl (C=O) groups excluding carboxylic acids is 1. The fraction of sp³-hybridized carbons (Fsp3) is 0.182. The maximum atomic E-state index is 13.6. The summed E-state index contributed by atoms with van der Waals surface area (Å²) in [5.74, 6) is 0.598. The number of rotatable bonds is 3. The van der Waals surface area contributed by atoms with Crippen molar-refractivity contribution in [2.24, 2.45) is 0 Å². The summed E-state index contributed by atoms with van der Waals surface area (Å²) in [6.07, 6.45) is 5.91. The average molecular weight is 384 g/mol. The van der Waals surface area contributed by atoms with Gasteiger partial charge in [-0.3, -0.25) is 9.78 Å². The van der Waals surface area contributed by atoms with Crippen molar-refractivity contribution in [2.45, 2.75) is 19.4 Å². The molecule has 3 aromatic heterocycles. The van der Waals surface area contributed by atoms with Crippen molar-refractivity contribution in [1.82, 2.24) is 29.8 Å². The third kappa shape index (κ3) is 3.00. The number of aromatic amines is 2. The number of nitrogens with zero attached hydrogens (tertiary/aromatic N) is 4. The van der Waals surface area contributed by atoms with Gasteiger partial charge in [-0.2, -0.15) is 0 Å². The molecule has 1 amide bonds. The minimum atomic E-state index is -0.267. The maximum Gasteiger partial charge on any atom is 0.275 e. The van der Waals surface area contributed by atoms with E-state index in [9.17, 15) is 4.79 Å². The van der Waals surface area contributed by atoms with E-state index in [-0.39, 0.29) is 11.9 Å². The molecule has 5 rings (SSSR count). The number of aromatic nitrogens is 5. The van der Waals surface area contributed by atoms with Gasteiger partial charge in [0.1, 0.15) is 17.6 Å². The van der Waals surface area contributed by atoms with Gasteiger partial charge in [0.05, 0.1) is 12.0 Å². The van der Waals surface area contributed by atoms with E-state index in [0.29, 0.717) is 18.1 Å². The van der Waals surface area contributed by atoms with Crippen molar-refractivity contribution in [3.8, 4) is 11.4 Å². The standard InChI is InChI=1S/C22H20N6O/c1-14-18(27-21(26-14)16-5-3-2-4-6-16)22(29)28-12-9-17-19(25-13-24-17)20(28)15-7-10-23-11-8-15/h2-8,10-11,13,20H,9,12H2,1H3,(H,24,25)(H,26,27). The largest absolute Gasteiger partial charge is 0.348 e. The Balaban J connectivity index is 1.55. The zero-order chi connectivity index (χ0) is 19.8. The molecule has 0 saturated heterocycles. The van der Waals surface area contributed by atoms with Crippen molar-refractivity contribution in [3.05, 3.63) is 89.5 Å². The molecule has 7 heteroatoms. The second-order valence-corrected chi connectivity index (χ2v) is 7.12. The van der Waals surface area contributed by atoms with E-state index in [1.165, 1.54) is 0 Å². The number of fused-ring (bicyclic) bond motifs is 1. The zero-order valence-corrected chi connectivity index (χ0v) is 16.0. The highest BCUT2D eigenvalue weighted by molar-refractivity contribution is 5.94. The highest BCUT2D eigenvalue weighted by atomic mass is 16.2. The molecule has 0 fully saturated rings. The Morgan fingerprint density at radius 2 is 1.93 bits per heavy atom. The first-order valence-corrected chi connectivity index (χ1v) is 9.57. The van der Waals surface area contributed by atoms with E-state index in [1.54, 1.807) is 18.7 Å². The lowest BCUT2D eigenvalue weighted by atomic mass is 9.96. The van der Waals surface area contributed by atoms with Gasteiger partial charge >= 0.3 is 0 Å². The number of carbonyl (C=O) groups is 1. The molecule has 1 aliphatic rings. The lowest BCUT2D eigenvalue weighted by Gasteiger charge is -2.35. The third-order valence-electron chi connectivity index (χ3n) is 5.34. The first-order chi connectivity index (χ1) is 14.2. The van der Waals surface area contributed by atoms with Crippen molar-refractivity contribution in [3.63, 3.8) is 0 Å². The minimum absolute atomic E-state index is 0.101. The van der Waals surface area contributed by atoms with Crippen LogP contribution in [0.15, 0.2) is 61.2 Å². The average Bonchev–Trinajstić information content (AvgIpc) is 3.40. The summed E-state index contributed by atoms with van der Waals surface area (Å²) in [4.78, 5) is 35.2. The molecular weight excluding hydrogens is 364 g/mol. The SMILES string of the molecule is Cc1[nH]c(-c2ccccc2)nc1C(=O)N1CCc2[nH]cnc2C1c1ccncc1. The van der Waals surface area contributed by atoms with Crippen molar-refractivity contribution < 1.29 is 4.79 Å². The highest BCUT2D eigenvalue weighted by Crippen LogP contribution is 2.34. The van der Waals surface area contributed by atoms with Crippen molar-refractivity contribution >= 4 is 5.91 Å². The Bertz CT molecular complexity index is 1150. The number of hydrogen-bond acceptors (Lipinski definition) is 4. The van der Waals surface area contributed by atoms with Crippen LogP contribution in [0.4, 0.5) is 0 Å². The smallest absolute Gasteiger partial charge is 0.275 e. The highest BCUT2D eigenvalue weighted by Gasteiger charge is 2.36. The van der Waals surface area contributed by atoms with Gasteiger partial charge in [0.15, 0.2) is 0 Å². The molecule has 0 bridgehead atoms. The van der Waals surface area contributed by atoms with Gasteiger partial charge in [0, 0.05) is 42.3 Å². The van der Waals surface area contributed by atoms with E-state index in [2.05, 4.69) is 24.9 Å². The van der Waals surface area contributed by atoms with Crippen LogP contribution in [0.5, 0.6) is 0 Å². The van der Waals surface area contributed by atoms with E-state index in [1.807, 2.05) is 54.3 Å². The Kier molecular flexibility index (Phi) is 4.20. The van der Waals surface area contributed by atoms with Crippen molar-refractivity contribution in [2.75, 3.05) is 6.54 Å². The van der Waals surface area contributed by atoms with Gasteiger partial charge in [-0.1, -0.05) is 30.3 Å². The zero-order valence-electron chi connectivity index (χ0n) is 16.0. The van der Waals surface area contributed by atoms with Gasteiger partial charge in [-0.15, -0.1) is 0 Å². The number of benzene rings is 1. The first kappa shape index (κ1) is 17.4. The number of amides is 1. The number of hydrogen-bond donors (Lipinski definition) is 2. The van der Waals surface area contributed by atoms with Crippen LogP contribution in [0.25, 0.3) is 11.4 Å². The second kappa shape index (κ2) is 7.01. The molecule has 4 heterocycles. The van der Waals surface area contributed by atoms with Crippen LogP contribution in [-0.2, 0) is 6.42 Å². The lowest BCUT2D eigenvalue weighted by Crippen LogP contribution is -2.41. The number of imidazole rings is 2. The monoisotopic (exact) mass is 384 g/mol. The molecule has 7 nitrogen and oxygen atoms in total. The minimum Gasteiger partial charge on any atom is -0.348 e. The molecule has 1 aromatic carbocycles. The Morgan fingerprint density at radius 3 is 2.72 bits per heavy atom. The Hall–Kier alpha value is -3.74. The molecule has 1 atom stereocenters. The molecule has 1 unspecified atom stereocenters. The molecule has 144 valence electrons. The van der Waals surface area contributed by atoms with Gasteiger partial charge in [-0.05, 0) is 24.6 Å². The molecule has 0 saturated carbocycles. The van der Waals surface area contributed by atoms with Crippen LogP contribution in [0.3, 0.4) is 0 Å². The molecule has 1 aliphatic heterocycles. The predicted molar refractivity (Wildman–Crippen MR) is 108 cm³/mol. The number of pyridine rings is 1. The Labute approximate surface area is 167 Å². The van der Waals surface area contributed by atoms with Crippen LogP contribution in [0.1, 0.15) is 39.2 Å². The second-order valence-electron chi connectivity index (χ2n) is 7.12. The van der Waals surface area contributed by atoms with Crippen molar-refractivity contribution in [1.29, 1.82) is 0 Å². The summed E-state index contributed by atoms with van der Waals surface area (Å²) in [7, 11) is 0. The molecule has 0 spiro atoms. The summed E-state index contributed by atoms with van der Waals surface area (Å²) in [6.45, 7) is 2.48. The van der Waals surface area contributed by atoms with Gasteiger partial charge in [0.2, 0.25) is 0 Å². The molecule has 29 heavy (non-hydrogen) atoms. The third-order valence-corrected chi connectivity index (χ3v) is 5.34. The fourth-order valence-electron chi connectivity index (χ4n) is 3.92. The van der Waals surface area contributed by atoms with Crippen LogP contribution in [0, 0.1) is 6.92 Å². The molecule has 0 aliphatic carbocycles. The van der Waals surface area contributed by atoms with E-state index < -0.39 is 0 Å². The molecule has 2 N–H and O–H groups in total. The fourth-order valence-corrected chi connectivity index (χ4v) is 3.92. The normalized spacial score (nSPS) is 15.9. The summed E-state index contributed by atoms with van der Waals surface area (Å²) in [5.41, 5.74) is 5.09. The maximum absolute atomic E-state index is 13.6. The summed E-state index contributed by atoms with van der Waals surface area (Å²) in [5, 5.41) is 0. The van der Waals surface area contributed by atoms with E-state index in [4.69, 9.17) is 0 Å².